The van der Waals surface area contributed by atoms with Crippen molar-refractivity contribution < 1.29 is 8.42 Å². The fourth-order valence-corrected chi connectivity index (χ4v) is 3.37. The molecule has 106 valence electrons. The van der Waals surface area contributed by atoms with Gasteiger partial charge in [-0.3, -0.25) is 4.90 Å². The lowest BCUT2D eigenvalue weighted by atomic mass is 10.2. The molecule has 0 radical (unpaired) electrons. The molecule has 1 aromatic carbocycles. The molecule has 0 bridgehead atoms. The van der Waals surface area contributed by atoms with E-state index in [0.717, 1.165) is 35.4 Å². The quantitative estimate of drug-likeness (QED) is 0.831. The number of sulfonamides is 1. The van der Waals surface area contributed by atoms with Crippen LogP contribution in [0.25, 0.3) is 0 Å². The average molecular weight is 348 g/mol. The third-order valence-corrected chi connectivity index (χ3v) is 5.34. The average Bonchev–Trinajstić information content (AvgIpc) is 2.33. The van der Waals surface area contributed by atoms with E-state index in [2.05, 4.69) is 20.8 Å². The number of rotatable bonds is 3. The molecule has 5 nitrogen and oxygen atoms in total. The first-order valence-electron chi connectivity index (χ1n) is 6.07. The Balaban J connectivity index is 1.98. The van der Waals surface area contributed by atoms with Gasteiger partial charge in [-0.15, -0.1) is 0 Å². The molecule has 19 heavy (non-hydrogen) atoms. The van der Waals surface area contributed by atoms with Crippen LogP contribution in [0, 0.1) is 0 Å². The highest BCUT2D eigenvalue weighted by Gasteiger charge is 2.23. The summed E-state index contributed by atoms with van der Waals surface area (Å²) in [5.41, 5.74) is 7.66. The summed E-state index contributed by atoms with van der Waals surface area (Å²) in [6.07, 6.45) is 1.26. The van der Waals surface area contributed by atoms with Crippen molar-refractivity contribution in [2.45, 2.75) is 6.54 Å². The molecule has 0 unspecified atom stereocenters. The van der Waals surface area contributed by atoms with Gasteiger partial charge in [0.25, 0.3) is 0 Å². The molecule has 1 aliphatic rings. The number of nitrogens with zero attached hydrogens (tertiary/aromatic N) is 2. The number of nitrogens with two attached hydrogens (primary N) is 1. The van der Waals surface area contributed by atoms with Crippen LogP contribution in [0.3, 0.4) is 0 Å². The number of piperazine rings is 1. The SMILES string of the molecule is CS(=O)(=O)N1CCN(Cc2cc(N)ccc2Br)CC1. The molecular weight excluding hydrogens is 330 g/mol. The summed E-state index contributed by atoms with van der Waals surface area (Å²) in [7, 11) is -3.06. The van der Waals surface area contributed by atoms with Gasteiger partial charge < -0.3 is 5.73 Å². The van der Waals surface area contributed by atoms with Crippen LogP contribution < -0.4 is 5.73 Å². The van der Waals surface area contributed by atoms with Crippen molar-refractivity contribution >= 4 is 31.6 Å². The van der Waals surface area contributed by atoms with Crippen LogP contribution in [0.15, 0.2) is 22.7 Å². The zero-order valence-corrected chi connectivity index (χ0v) is 13.2. The van der Waals surface area contributed by atoms with Gasteiger partial charge in [0.2, 0.25) is 10.0 Å². The Labute approximate surface area is 122 Å². The Kier molecular flexibility index (Phi) is 4.50. The highest BCUT2D eigenvalue weighted by Crippen LogP contribution is 2.21. The van der Waals surface area contributed by atoms with Gasteiger partial charge in [-0.05, 0) is 23.8 Å². The third kappa shape index (κ3) is 3.92. The van der Waals surface area contributed by atoms with E-state index in [4.69, 9.17) is 5.73 Å². The van der Waals surface area contributed by atoms with Gasteiger partial charge in [-0.25, -0.2) is 8.42 Å². The van der Waals surface area contributed by atoms with E-state index in [1.54, 1.807) is 0 Å². The van der Waals surface area contributed by atoms with Gasteiger partial charge in [0, 0.05) is 42.9 Å². The number of hydrogen-bond acceptors (Lipinski definition) is 4. The molecule has 1 saturated heterocycles. The zero-order chi connectivity index (χ0) is 14.0. The lowest BCUT2D eigenvalue weighted by Crippen LogP contribution is -2.47. The largest absolute Gasteiger partial charge is 0.399 e. The lowest BCUT2D eigenvalue weighted by Gasteiger charge is -2.33. The smallest absolute Gasteiger partial charge is 0.211 e. The minimum Gasteiger partial charge on any atom is -0.399 e. The van der Waals surface area contributed by atoms with Gasteiger partial charge in [-0.2, -0.15) is 4.31 Å². The molecule has 0 atom stereocenters. The highest BCUT2D eigenvalue weighted by molar-refractivity contribution is 9.10. The van der Waals surface area contributed by atoms with Gasteiger partial charge in [-0.1, -0.05) is 15.9 Å². The molecule has 1 heterocycles. The molecular formula is C12H18BrN3O2S. The van der Waals surface area contributed by atoms with Gasteiger partial charge in [0.15, 0.2) is 0 Å². The summed E-state index contributed by atoms with van der Waals surface area (Å²) < 4.78 is 25.4. The molecule has 0 aliphatic carbocycles. The van der Waals surface area contributed by atoms with Crippen molar-refractivity contribution in [3.8, 4) is 0 Å². The van der Waals surface area contributed by atoms with Crippen LogP contribution in [0.1, 0.15) is 5.56 Å². The third-order valence-electron chi connectivity index (χ3n) is 3.26. The van der Waals surface area contributed by atoms with E-state index >= 15 is 0 Å². The molecule has 1 aliphatic heterocycles. The standard InChI is InChI=1S/C12H18BrN3O2S/c1-19(17,18)16-6-4-15(5-7-16)9-10-8-11(14)2-3-12(10)13/h2-3,8H,4-7,9,14H2,1H3. The number of benzene rings is 1. The molecule has 0 aromatic heterocycles. The van der Waals surface area contributed by atoms with Crippen LogP contribution in [0.4, 0.5) is 5.69 Å². The van der Waals surface area contributed by atoms with Gasteiger partial charge in [0.1, 0.15) is 0 Å². The summed E-state index contributed by atoms with van der Waals surface area (Å²) in [5.74, 6) is 0. The van der Waals surface area contributed by atoms with Crippen LogP contribution in [0.5, 0.6) is 0 Å². The van der Waals surface area contributed by atoms with E-state index in [1.807, 2.05) is 18.2 Å². The van der Waals surface area contributed by atoms with Crippen molar-refractivity contribution in [1.29, 1.82) is 0 Å². The minimum absolute atomic E-state index is 0.554. The second-order valence-electron chi connectivity index (χ2n) is 4.79. The summed E-state index contributed by atoms with van der Waals surface area (Å²) in [5, 5.41) is 0. The number of hydrogen-bond donors (Lipinski definition) is 1. The number of nitrogen functional groups attached to an aromatic ring is 1. The molecule has 1 aromatic rings. The Morgan fingerprint density at radius 3 is 2.47 bits per heavy atom. The maximum atomic E-state index is 11.4. The summed E-state index contributed by atoms with van der Waals surface area (Å²) >= 11 is 3.51. The maximum absolute atomic E-state index is 11.4. The first kappa shape index (κ1) is 14.8. The van der Waals surface area contributed by atoms with Crippen LogP contribution in [-0.4, -0.2) is 50.1 Å². The van der Waals surface area contributed by atoms with Crippen molar-refractivity contribution in [3.05, 3.63) is 28.2 Å². The fourth-order valence-electron chi connectivity index (χ4n) is 2.18. The van der Waals surface area contributed by atoms with E-state index in [1.165, 1.54) is 10.6 Å². The molecule has 2 rings (SSSR count). The predicted molar refractivity (Wildman–Crippen MR) is 80.2 cm³/mol. The minimum atomic E-state index is -3.06. The fraction of sp³-hybridized carbons (Fsp3) is 0.500. The van der Waals surface area contributed by atoms with E-state index in [9.17, 15) is 8.42 Å². The summed E-state index contributed by atoms with van der Waals surface area (Å²) in [6, 6.07) is 5.75. The molecule has 0 spiro atoms. The van der Waals surface area contributed by atoms with E-state index in [0.29, 0.717) is 13.1 Å². The van der Waals surface area contributed by atoms with E-state index in [-0.39, 0.29) is 0 Å². The summed E-state index contributed by atoms with van der Waals surface area (Å²) in [4.78, 5) is 2.24. The van der Waals surface area contributed by atoms with Gasteiger partial charge >= 0.3 is 0 Å². The molecule has 7 heteroatoms. The van der Waals surface area contributed by atoms with Crippen LogP contribution in [0.2, 0.25) is 0 Å². The van der Waals surface area contributed by atoms with Crippen molar-refractivity contribution in [1.82, 2.24) is 9.21 Å². The number of anilines is 1. The van der Waals surface area contributed by atoms with Crippen molar-refractivity contribution in [2.75, 3.05) is 38.2 Å². The van der Waals surface area contributed by atoms with Crippen LogP contribution in [-0.2, 0) is 16.6 Å². The highest BCUT2D eigenvalue weighted by atomic mass is 79.9. The van der Waals surface area contributed by atoms with Gasteiger partial charge in [0.05, 0.1) is 6.26 Å². The number of halogens is 1. The Morgan fingerprint density at radius 1 is 1.26 bits per heavy atom. The molecule has 0 amide bonds. The molecule has 0 saturated carbocycles. The van der Waals surface area contributed by atoms with Crippen LogP contribution >= 0.6 is 15.9 Å². The zero-order valence-electron chi connectivity index (χ0n) is 10.8. The normalized spacial score (nSPS) is 18.6. The van der Waals surface area contributed by atoms with Crippen molar-refractivity contribution in [3.63, 3.8) is 0 Å². The first-order valence-corrected chi connectivity index (χ1v) is 8.72. The molecule has 2 N–H and O–H groups in total. The van der Waals surface area contributed by atoms with Crippen molar-refractivity contribution in [2.24, 2.45) is 0 Å². The predicted octanol–water partition coefficient (Wildman–Crippen LogP) is 1.11. The second kappa shape index (κ2) is 5.78. The Bertz CT molecular complexity index is 554. The maximum Gasteiger partial charge on any atom is 0.211 e. The topological polar surface area (TPSA) is 66.6 Å². The summed E-state index contributed by atoms with van der Waals surface area (Å²) in [6.45, 7) is 3.38. The second-order valence-corrected chi connectivity index (χ2v) is 7.63. The Morgan fingerprint density at radius 2 is 1.89 bits per heavy atom. The lowest BCUT2D eigenvalue weighted by molar-refractivity contribution is 0.182. The monoisotopic (exact) mass is 347 g/mol. The van der Waals surface area contributed by atoms with E-state index < -0.39 is 10.0 Å². The first-order chi connectivity index (χ1) is 8.86. The Hall–Kier alpha value is -0.630. The molecule has 1 fully saturated rings.